The second kappa shape index (κ2) is 3.10. The van der Waals surface area contributed by atoms with Gasteiger partial charge in [0.05, 0.1) is 0 Å². The quantitative estimate of drug-likeness (QED) is 0.507. The fourth-order valence-electron chi connectivity index (χ4n) is 2.05. The van der Waals surface area contributed by atoms with Gasteiger partial charge in [0.1, 0.15) is 0 Å². The Labute approximate surface area is 87.4 Å². The highest BCUT2D eigenvalue weighted by atomic mass is 16.6. The molecule has 0 aromatic rings. The maximum Gasteiger partial charge on any atom is 0.346 e. The molecule has 1 heterocycles. The molecule has 0 radical (unpaired) electrons. The van der Waals surface area contributed by atoms with Gasteiger partial charge in [0.25, 0.3) is 0 Å². The van der Waals surface area contributed by atoms with Crippen LogP contribution in [0, 0.1) is 5.41 Å². The zero-order chi connectivity index (χ0) is 11.2. The predicted molar refractivity (Wildman–Crippen MR) is 48.9 cm³/mol. The van der Waals surface area contributed by atoms with E-state index in [0.29, 0.717) is 11.6 Å². The minimum absolute atomic E-state index is 0.261. The minimum atomic E-state index is -0.821. The molecule has 2 fully saturated rings. The van der Waals surface area contributed by atoms with Gasteiger partial charge in [-0.2, -0.15) is 5.06 Å². The van der Waals surface area contributed by atoms with Crippen LogP contribution in [-0.4, -0.2) is 47.0 Å². The van der Waals surface area contributed by atoms with E-state index in [-0.39, 0.29) is 5.41 Å². The molecule has 1 spiro atoms. The van der Waals surface area contributed by atoms with Crippen LogP contribution >= 0.6 is 0 Å². The Balaban J connectivity index is 2.19. The van der Waals surface area contributed by atoms with Crippen molar-refractivity contribution >= 4 is 12.0 Å². The number of amides is 2. The summed E-state index contributed by atoms with van der Waals surface area (Å²) in [5.74, 6) is -0.484. The maximum absolute atomic E-state index is 11.4. The van der Waals surface area contributed by atoms with Gasteiger partial charge in [-0.05, 0) is 12.8 Å². The second-order valence-corrected chi connectivity index (χ2v) is 4.31. The third-order valence-corrected chi connectivity index (χ3v) is 2.99. The molecular weight excluding hydrogens is 200 g/mol. The first-order chi connectivity index (χ1) is 6.96. The van der Waals surface area contributed by atoms with Gasteiger partial charge in [-0.3, -0.25) is 10.0 Å². The average molecular weight is 214 g/mol. The van der Waals surface area contributed by atoms with E-state index in [1.54, 1.807) is 7.05 Å². The SMILES string of the molecule is CC(=O)OC1N(O)C(=O)N(C)CC12CC2. The zero-order valence-corrected chi connectivity index (χ0v) is 8.77. The molecule has 0 aromatic heterocycles. The van der Waals surface area contributed by atoms with Crippen molar-refractivity contribution in [3.8, 4) is 0 Å². The van der Waals surface area contributed by atoms with E-state index in [1.807, 2.05) is 0 Å². The summed E-state index contributed by atoms with van der Waals surface area (Å²) in [5, 5.41) is 10.1. The highest BCUT2D eigenvalue weighted by Crippen LogP contribution is 2.53. The molecule has 84 valence electrons. The van der Waals surface area contributed by atoms with E-state index in [1.165, 1.54) is 11.8 Å². The van der Waals surface area contributed by atoms with Crippen LogP contribution in [0.2, 0.25) is 0 Å². The first-order valence-corrected chi connectivity index (χ1v) is 4.87. The molecule has 1 aliphatic carbocycles. The molecule has 2 amide bonds. The molecule has 1 saturated heterocycles. The number of hydrogen-bond acceptors (Lipinski definition) is 4. The first-order valence-electron chi connectivity index (χ1n) is 4.87. The van der Waals surface area contributed by atoms with Crippen molar-refractivity contribution in [1.29, 1.82) is 0 Å². The Morgan fingerprint density at radius 3 is 2.67 bits per heavy atom. The van der Waals surface area contributed by atoms with Gasteiger partial charge in [0.2, 0.25) is 6.23 Å². The molecule has 1 saturated carbocycles. The Morgan fingerprint density at radius 2 is 2.20 bits per heavy atom. The van der Waals surface area contributed by atoms with E-state index in [2.05, 4.69) is 0 Å². The monoisotopic (exact) mass is 214 g/mol. The number of carbonyl (C=O) groups is 2. The summed E-state index contributed by atoms with van der Waals surface area (Å²) in [7, 11) is 1.62. The Morgan fingerprint density at radius 1 is 1.60 bits per heavy atom. The van der Waals surface area contributed by atoms with Gasteiger partial charge in [0, 0.05) is 25.9 Å². The fourth-order valence-corrected chi connectivity index (χ4v) is 2.05. The molecule has 15 heavy (non-hydrogen) atoms. The van der Waals surface area contributed by atoms with E-state index < -0.39 is 18.2 Å². The third-order valence-electron chi connectivity index (χ3n) is 2.99. The molecule has 1 N–H and O–H groups in total. The van der Waals surface area contributed by atoms with Crippen molar-refractivity contribution < 1.29 is 19.5 Å². The van der Waals surface area contributed by atoms with Gasteiger partial charge in [-0.15, -0.1) is 0 Å². The largest absolute Gasteiger partial charge is 0.439 e. The lowest BCUT2D eigenvalue weighted by Gasteiger charge is -2.40. The summed E-state index contributed by atoms with van der Waals surface area (Å²) in [5.41, 5.74) is -0.261. The van der Waals surface area contributed by atoms with Crippen LogP contribution in [0.3, 0.4) is 0 Å². The standard InChI is InChI=1S/C9H14N2O4/c1-6(12)15-7-9(3-4-9)5-10(2)8(13)11(7)14/h7,14H,3-5H2,1-2H3. The van der Waals surface area contributed by atoms with E-state index >= 15 is 0 Å². The number of esters is 1. The van der Waals surface area contributed by atoms with Gasteiger partial charge >= 0.3 is 12.0 Å². The summed E-state index contributed by atoms with van der Waals surface area (Å²) in [4.78, 5) is 23.8. The number of hydroxylamine groups is 2. The van der Waals surface area contributed by atoms with Crippen LogP contribution in [0.25, 0.3) is 0 Å². The van der Waals surface area contributed by atoms with Crippen LogP contribution in [0.15, 0.2) is 0 Å². The van der Waals surface area contributed by atoms with E-state index in [9.17, 15) is 14.8 Å². The molecular formula is C9H14N2O4. The van der Waals surface area contributed by atoms with Crippen molar-refractivity contribution in [3.63, 3.8) is 0 Å². The van der Waals surface area contributed by atoms with Crippen LogP contribution in [0.4, 0.5) is 4.79 Å². The Bertz CT molecular complexity index is 313. The molecule has 1 atom stereocenters. The molecule has 1 aliphatic heterocycles. The molecule has 6 nitrogen and oxygen atoms in total. The fraction of sp³-hybridized carbons (Fsp3) is 0.778. The normalized spacial score (nSPS) is 28.2. The highest BCUT2D eigenvalue weighted by Gasteiger charge is 2.59. The summed E-state index contributed by atoms with van der Waals surface area (Å²) < 4.78 is 4.99. The first kappa shape index (κ1) is 10.2. The number of urea groups is 1. The Hall–Kier alpha value is -1.30. The number of carbonyl (C=O) groups excluding carboxylic acids is 2. The van der Waals surface area contributed by atoms with Crippen molar-refractivity contribution in [2.45, 2.75) is 26.0 Å². The molecule has 0 aromatic carbocycles. The van der Waals surface area contributed by atoms with Gasteiger partial charge in [-0.1, -0.05) is 0 Å². The average Bonchev–Trinajstić information content (AvgIpc) is 2.90. The van der Waals surface area contributed by atoms with E-state index in [4.69, 9.17) is 4.74 Å². The van der Waals surface area contributed by atoms with Gasteiger partial charge in [0.15, 0.2) is 0 Å². The maximum atomic E-state index is 11.4. The topological polar surface area (TPSA) is 70.1 Å². The molecule has 1 unspecified atom stereocenters. The molecule has 0 bridgehead atoms. The lowest BCUT2D eigenvalue weighted by atomic mass is 10.0. The van der Waals surface area contributed by atoms with Crippen molar-refractivity contribution in [2.24, 2.45) is 5.41 Å². The summed E-state index contributed by atoms with van der Waals surface area (Å²) in [6, 6.07) is -0.529. The number of nitrogens with zero attached hydrogens (tertiary/aromatic N) is 2. The lowest BCUT2D eigenvalue weighted by molar-refractivity contribution is -0.224. The molecule has 6 heteroatoms. The van der Waals surface area contributed by atoms with Crippen LogP contribution in [0.1, 0.15) is 19.8 Å². The number of rotatable bonds is 1. The smallest absolute Gasteiger partial charge is 0.346 e. The minimum Gasteiger partial charge on any atom is -0.439 e. The third kappa shape index (κ3) is 1.54. The number of hydrogen-bond donors (Lipinski definition) is 1. The van der Waals surface area contributed by atoms with Gasteiger partial charge < -0.3 is 9.64 Å². The second-order valence-electron chi connectivity index (χ2n) is 4.31. The zero-order valence-electron chi connectivity index (χ0n) is 8.77. The summed E-state index contributed by atoms with van der Waals surface area (Å²) in [6.45, 7) is 1.80. The summed E-state index contributed by atoms with van der Waals surface area (Å²) in [6.07, 6.45) is 0.901. The van der Waals surface area contributed by atoms with Crippen molar-refractivity contribution in [3.05, 3.63) is 0 Å². The lowest BCUT2D eigenvalue weighted by Crippen LogP contribution is -2.58. The summed E-state index contributed by atoms with van der Waals surface area (Å²) >= 11 is 0. The van der Waals surface area contributed by atoms with Crippen LogP contribution in [0.5, 0.6) is 0 Å². The predicted octanol–water partition coefficient (Wildman–Crippen LogP) is 0.412. The highest BCUT2D eigenvalue weighted by molar-refractivity contribution is 5.75. The van der Waals surface area contributed by atoms with E-state index in [0.717, 1.165) is 12.8 Å². The van der Waals surface area contributed by atoms with Crippen molar-refractivity contribution in [2.75, 3.05) is 13.6 Å². The van der Waals surface area contributed by atoms with Crippen LogP contribution < -0.4 is 0 Å². The van der Waals surface area contributed by atoms with Gasteiger partial charge in [-0.25, -0.2) is 4.79 Å². The van der Waals surface area contributed by atoms with Crippen molar-refractivity contribution in [1.82, 2.24) is 9.96 Å². The molecule has 2 rings (SSSR count). The molecule has 2 aliphatic rings. The van der Waals surface area contributed by atoms with Crippen LogP contribution in [-0.2, 0) is 9.53 Å². The Kier molecular flexibility index (Phi) is 2.11. The number of ether oxygens (including phenoxy) is 1.